The minimum Gasteiger partial charge on any atom is -0.351 e. The number of nitrogens with one attached hydrogen (secondary N) is 1. The van der Waals surface area contributed by atoms with Crippen molar-refractivity contribution in [1.82, 2.24) is 20.4 Å². The highest BCUT2D eigenvalue weighted by molar-refractivity contribution is 6.30. The summed E-state index contributed by atoms with van der Waals surface area (Å²) >= 11 is 5.93. The van der Waals surface area contributed by atoms with Gasteiger partial charge in [0.05, 0.1) is 5.56 Å². The zero-order valence-electron chi connectivity index (χ0n) is 12.4. The first-order valence-corrected chi connectivity index (χ1v) is 7.48. The molecule has 0 fully saturated rings. The number of amides is 1. The summed E-state index contributed by atoms with van der Waals surface area (Å²) in [6.45, 7) is 0.299. The maximum atomic E-state index is 12.7. The molecule has 3 aromatic rings. The normalized spacial score (nSPS) is 10.6. The number of nitrogens with zero attached hydrogens (tertiary/aromatic N) is 3. The quantitative estimate of drug-likeness (QED) is 0.718. The van der Waals surface area contributed by atoms with E-state index in [9.17, 15) is 9.18 Å². The van der Waals surface area contributed by atoms with E-state index in [1.807, 2.05) is 6.07 Å². The van der Waals surface area contributed by atoms with Crippen molar-refractivity contribution in [2.24, 2.45) is 0 Å². The molecular weight excluding hydrogens is 335 g/mol. The monoisotopic (exact) mass is 346 g/mol. The van der Waals surface area contributed by atoms with Gasteiger partial charge in [-0.1, -0.05) is 28.9 Å². The van der Waals surface area contributed by atoms with E-state index in [1.165, 1.54) is 12.3 Å². The summed E-state index contributed by atoms with van der Waals surface area (Å²) in [7, 11) is 0. The lowest BCUT2D eigenvalue weighted by Gasteiger charge is -2.02. The zero-order chi connectivity index (χ0) is 16.9. The van der Waals surface area contributed by atoms with E-state index in [0.717, 1.165) is 11.6 Å². The Hall–Kier alpha value is -2.80. The number of aromatic nitrogens is 3. The van der Waals surface area contributed by atoms with Gasteiger partial charge in [0.25, 0.3) is 5.91 Å². The summed E-state index contributed by atoms with van der Waals surface area (Å²) < 4.78 is 17.9. The molecule has 0 aliphatic carbocycles. The van der Waals surface area contributed by atoms with Gasteiger partial charge in [0.2, 0.25) is 17.7 Å². The van der Waals surface area contributed by atoms with Gasteiger partial charge in [-0.2, -0.15) is 9.37 Å². The molecule has 0 spiro atoms. The molecule has 0 saturated heterocycles. The van der Waals surface area contributed by atoms with Gasteiger partial charge in [0.15, 0.2) is 0 Å². The third-order valence-corrected chi connectivity index (χ3v) is 3.40. The van der Waals surface area contributed by atoms with Crippen LogP contribution in [0.2, 0.25) is 5.02 Å². The second kappa shape index (κ2) is 7.18. The van der Waals surface area contributed by atoms with Gasteiger partial charge in [-0.3, -0.25) is 4.79 Å². The van der Waals surface area contributed by atoms with Crippen molar-refractivity contribution >= 4 is 17.5 Å². The SMILES string of the molecule is O=C(NCCc1nc(-c2cccc(Cl)c2)no1)c1ccc(F)nc1. The lowest BCUT2D eigenvalue weighted by Crippen LogP contribution is -2.25. The summed E-state index contributed by atoms with van der Waals surface area (Å²) in [5, 5.41) is 7.14. The summed E-state index contributed by atoms with van der Waals surface area (Å²) in [6.07, 6.45) is 1.54. The number of pyridine rings is 1. The molecule has 6 nitrogen and oxygen atoms in total. The van der Waals surface area contributed by atoms with Crippen LogP contribution in [0.4, 0.5) is 4.39 Å². The highest BCUT2D eigenvalue weighted by Crippen LogP contribution is 2.19. The van der Waals surface area contributed by atoms with Crippen LogP contribution in [-0.4, -0.2) is 27.6 Å². The first-order chi connectivity index (χ1) is 11.6. The fraction of sp³-hybridized carbons (Fsp3) is 0.125. The molecule has 2 aromatic heterocycles. The number of rotatable bonds is 5. The predicted octanol–water partition coefficient (Wildman–Crippen LogP) is 2.90. The van der Waals surface area contributed by atoms with Gasteiger partial charge in [-0.25, -0.2) is 4.98 Å². The maximum absolute atomic E-state index is 12.7. The smallest absolute Gasteiger partial charge is 0.252 e. The molecule has 3 rings (SSSR count). The molecule has 1 N–H and O–H groups in total. The van der Waals surface area contributed by atoms with Crippen molar-refractivity contribution in [1.29, 1.82) is 0 Å². The highest BCUT2D eigenvalue weighted by atomic mass is 35.5. The molecule has 0 unspecified atom stereocenters. The van der Waals surface area contributed by atoms with Crippen molar-refractivity contribution in [2.45, 2.75) is 6.42 Å². The Morgan fingerprint density at radius 1 is 1.29 bits per heavy atom. The number of halogens is 2. The van der Waals surface area contributed by atoms with Crippen LogP contribution in [0.15, 0.2) is 47.1 Å². The number of hydrogen-bond acceptors (Lipinski definition) is 5. The minimum atomic E-state index is -0.633. The summed E-state index contributed by atoms with van der Waals surface area (Å²) in [6, 6.07) is 9.60. The van der Waals surface area contributed by atoms with Crippen molar-refractivity contribution in [2.75, 3.05) is 6.54 Å². The van der Waals surface area contributed by atoms with Crippen LogP contribution in [0, 0.1) is 5.95 Å². The van der Waals surface area contributed by atoms with Gasteiger partial charge in [0.1, 0.15) is 0 Å². The molecule has 0 bridgehead atoms. The van der Waals surface area contributed by atoms with E-state index in [1.54, 1.807) is 18.2 Å². The maximum Gasteiger partial charge on any atom is 0.252 e. The van der Waals surface area contributed by atoms with Gasteiger partial charge < -0.3 is 9.84 Å². The van der Waals surface area contributed by atoms with Crippen LogP contribution in [-0.2, 0) is 6.42 Å². The highest BCUT2D eigenvalue weighted by Gasteiger charge is 2.10. The van der Waals surface area contributed by atoms with E-state index in [-0.39, 0.29) is 11.5 Å². The summed E-state index contributed by atoms with van der Waals surface area (Å²) in [5.41, 5.74) is 1.03. The van der Waals surface area contributed by atoms with Gasteiger partial charge in [0, 0.05) is 29.7 Å². The van der Waals surface area contributed by atoms with E-state index in [2.05, 4.69) is 20.4 Å². The van der Waals surface area contributed by atoms with Crippen LogP contribution in [0.1, 0.15) is 16.2 Å². The first-order valence-electron chi connectivity index (χ1n) is 7.10. The molecule has 0 saturated carbocycles. The molecule has 122 valence electrons. The van der Waals surface area contributed by atoms with Crippen molar-refractivity contribution in [3.8, 4) is 11.4 Å². The molecule has 0 aliphatic heterocycles. The summed E-state index contributed by atoms with van der Waals surface area (Å²) in [4.78, 5) is 19.5. The molecule has 24 heavy (non-hydrogen) atoms. The second-order valence-electron chi connectivity index (χ2n) is 4.90. The van der Waals surface area contributed by atoms with Crippen LogP contribution in [0.3, 0.4) is 0 Å². The molecule has 0 atom stereocenters. The van der Waals surface area contributed by atoms with Crippen molar-refractivity contribution < 1.29 is 13.7 Å². The van der Waals surface area contributed by atoms with Gasteiger partial charge in [-0.15, -0.1) is 0 Å². The van der Waals surface area contributed by atoms with E-state index < -0.39 is 5.95 Å². The van der Waals surface area contributed by atoms with E-state index in [0.29, 0.717) is 29.7 Å². The second-order valence-corrected chi connectivity index (χ2v) is 5.33. The number of carbonyl (C=O) groups excluding carboxylic acids is 1. The molecule has 0 radical (unpaired) electrons. The predicted molar refractivity (Wildman–Crippen MR) is 85.0 cm³/mol. The Bertz CT molecular complexity index is 851. The molecule has 2 heterocycles. The summed E-state index contributed by atoms with van der Waals surface area (Å²) in [5.74, 6) is -0.160. The molecular formula is C16H12ClFN4O2. The molecule has 8 heteroatoms. The van der Waals surface area contributed by atoms with Crippen molar-refractivity contribution in [3.05, 3.63) is 65.0 Å². The fourth-order valence-electron chi connectivity index (χ4n) is 2.00. The Labute approximate surface area is 141 Å². The van der Waals surface area contributed by atoms with Crippen LogP contribution in [0.5, 0.6) is 0 Å². The zero-order valence-corrected chi connectivity index (χ0v) is 13.1. The average molecular weight is 347 g/mol. The van der Waals surface area contributed by atoms with E-state index >= 15 is 0 Å². The van der Waals surface area contributed by atoms with Crippen LogP contribution < -0.4 is 5.32 Å². The van der Waals surface area contributed by atoms with Gasteiger partial charge >= 0.3 is 0 Å². The minimum absolute atomic E-state index is 0.279. The third-order valence-electron chi connectivity index (χ3n) is 3.16. The van der Waals surface area contributed by atoms with Crippen LogP contribution in [0.25, 0.3) is 11.4 Å². The standard InChI is InChI=1S/C16H12ClFN4O2/c17-12-3-1-2-10(8-12)15-21-14(24-22-15)6-7-19-16(23)11-4-5-13(18)20-9-11/h1-5,8-9H,6-7H2,(H,19,23). The number of hydrogen-bond donors (Lipinski definition) is 1. The first kappa shape index (κ1) is 16.1. The molecule has 1 aromatic carbocycles. The van der Waals surface area contributed by atoms with Crippen LogP contribution >= 0.6 is 11.6 Å². The number of benzene rings is 1. The van der Waals surface area contributed by atoms with E-state index in [4.69, 9.17) is 16.1 Å². The topological polar surface area (TPSA) is 80.9 Å². The Balaban J connectivity index is 1.56. The largest absolute Gasteiger partial charge is 0.351 e. The van der Waals surface area contributed by atoms with Gasteiger partial charge in [-0.05, 0) is 24.3 Å². The molecule has 1 amide bonds. The Morgan fingerprint density at radius 3 is 2.92 bits per heavy atom. The fourth-order valence-corrected chi connectivity index (χ4v) is 2.19. The Kier molecular flexibility index (Phi) is 4.81. The lowest BCUT2D eigenvalue weighted by atomic mass is 10.2. The lowest BCUT2D eigenvalue weighted by molar-refractivity contribution is 0.0953. The Morgan fingerprint density at radius 2 is 2.17 bits per heavy atom. The third kappa shape index (κ3) is 3.94. The number of carbonyl (C=O) groups is 1. The van der Waals surface area contributed by atoms with Crippen molar-refractivity contribution in [3.63, 3.8) is 0 Å². The average Bonchev–Trinajstić information content (AvgIpc) is 3.04. The molecule has 0 aliphatic rings.